The van der Waals surface area contributed by atoms with Gasteiger partial charge in [-0.25, -0.2) is 9.36 Å². The van der Waals surface area contributed by atoms with E-state index < -0.39 is 0 Å². The molecule has 3 aromatic heterocycles. The molecule has 7 heteroatoms. The molecule has 0 unspecified atom stereocenters. The zero-order chi connectivity index (χ0) is 22.2. The quantitative estimate of drug-likeness (QED) is 0.419. The molecule has 158 valence electrons. The molecule has 3 heterocycles. The highest BCUT2D eigenvalue weighted by molar-refractivity contribution is 5.88. The molecule has 0 fully saturated rings. The molecule has 0 saturated heterocycles. The van der Waals surface area contributed by atoms with Gasteiger partial charge in [0.25, 0.3) is 0 Å². The van der Waals surface area contributed by atoms with Crippen LogP contribution in [0, 0.1) is 0 Å². The number of para-hydroxylation sites is 3. The average molecular weight is 431 g/mol. The van der Waals surface area contributed by atoms with Gasteiger partial charge in [-0.2, -0.15) is 9.97 Å². The number of ether oxygens (including phenoxy) is 1. The van der Waals surface area contributed by atoms with Crippen molar-refractivity contribution in [1.82, 2.24) is 24.5 Å². The molecular formula is C26H17N5O2. The van der Waals surface area contributed by atoms with E-state index in [9.17, 15) is 4.79 Å². The molecule has 7 nitrogen and oxygen atoms in total. The van der Waals surface area contributed by atoms with E-state index in [2.05, 4.69) is 19.9 Å². The van der Waals surface area contributed by atoms with Crippen LogP contribution in [0.5, 0.6) is 11.8 Å². The van der Waals surface area contributed by atoms with Crippen LogP contribution in [0.3, 0.4) is 0 Å². The van der Waals surface area contributed by atoms with Crippen molar-refractivity contribution in [1.29, 1.82) is 0 Å². The fourth-order valence-electron chi connectivity index (χ4n) is 3.88. The zero-order valence-corrected chi connectivity index (χ0v) is 17.3. The van der Waals surface area contributed by atoms with Crippen LogP contribution in [0.2, 0.25) is 0 Å². The number of hydrogen-bond donors (Lipinski definition) is 1. The minimum atomic E-state index is -0.275. The van der Waals surface area contributed by atoms with Gasteiger partial charge < -0.3 is 9.72 Å². The normalized spacial score (nSPS) is 11.2. The van der Waals surface area contributed by atoms with E-state index in [-0.39, 0.29) is 11.7 Å². The average Bonchev–Trinajstić information content (AvgIpc) is 3.20. The first kappa shape index (κ1) is 18.9. The van der Waals surface area contributed by atoms with Gasteiger partial charge in [0.15, 0.2) is 5.82 Å². The maximum absolute atomic E-state index is 12.9. The lowest BCUT2D eigenvalue weighted by molar-refractivity contribution is 0.443. The molecule has 0 aliphatic heterocycles. The van der Waals surface area contributed by atoms with Gasteiger partial charge in [-0.15, -0.1) is 0 Å². The smallest absolute Gasteiger partial charge is 0.332 e. The van der Waals surface area contributed by atoms with Gasteiger partial charge in [0.2, 0.25) is 0 Å². The van der Waals surface area contributed by atoms with Gasteiger partial charge in [-0.3, -0.25) is 4.98 Å². The summed E-state index contributed by atoms with van der Waals surface area (Å²) in [5.41, 5.74) is 3.62. The number of fused-ring (bicyclic) bond motifs is 2. The number of H-pyrrole nitrogens is 1. The number of hydrogen-bond acceptors (Lipinski definition) is 5. The van der Waals surface area contributed by atoms with Gasteiger partial charge in [0.1, 0.15) is 5.75 Å². The Kier molecular flexibility index (Phi) is 4.43. The molecule has 33 heavy (non-hydrogen) atoms. The summed E-state index contributed by atoms with van der Waals surface area (Å²) in [7, 11) is 0. The Hall–Kier alpha value is -4.78. The molecule has 0 aliphatic rings. The van der Waals surface area contributed by atoms with Crippen molar-refractivity contribution in [3.05, 3.63) is 108 Å². The third-order valence-electron chi connectivity index (χ3n) is 5.37. The van der Waals surface area contributed by atoms with Crippen LogP contribution >= 0.6 is 0 Å². The molecule has 0 radical (unpaired) electrons. The van der Waals surface area contributed by atoms with Crippen LogP contribution < -0.4 is 10.4 Å². The highest BCUT2D eigenvalue weighted by atomic mass is 16.5. The molecule has 6 aromatic rings. The van der Waals surface area contributed by atoms with Crippen LogP contribution in [0.25, 0.3) is 39.0 Å². The summed E-state index contributed by atoms with van der Waals surface area (Å²) in [4.78, 5) is 29.4. The molecule has 0 saturated carbocycles. The first-order chi connectivity index (χ1) is 16.3. The number of aromatic amines is 1. The number of rotatable bonds is 4. The fraction of sp³-hybridized carbons (Fsp3) is 0. The Morgan fingerprint density at radius 1 is 0.818 bits per heavy atom. The summed E-state index contributed by atoms with van der Waals surface area (Å²) in [6, 6.07) is 28.5. The fourth-order valence-corrected chi connectivity index (χ4v) is 3.88. The SMILES string of the molecule is O=c1[nH]c2ccccc2n1-c1nc(Oc2cccc(-c3ccccn3)c2)nc2ccccc12. The lowest BCUT2D eigenvalue weighted by Gasteiger charge is -2.11. The standard InChI is InChI=1S/C26H17N5O2/c32-26-29-22-13-3-4-14-23(22)31(26)24-19-10-1-2-12-21(19)28-25(30-24)33-18-9-7-8-17(16-18)20-11-5-6-15-27-20/h1-16H,(H,29,32). The van der Waals surface area contributed by atoms with Crippen molar-refractivity contribution in [2.24, 2.45) is 0 Å². The Labute approximate surface area is 188 Å². The van der Waals surface area contributed by atoms with Gasteiger partial charge in [0, 0.05) is 17.1 Å². The van der Waals surface area contributed by atoms with Crippen LogP contribution in [0.4, 0.5) is 0 Å². The van der Waals surface area contributed by atoms with Crippen molar-refractivity contribution in [3.8, 4) is 28.8 Å². The molecule has 6 rings (SSSR count). The first-order valence-electron chi connectivity index (χ1n) is 10.4. The molecule has 1 N–H and O–H groups in total. The van der Waals surface area contributed by atoms with Gasteiger partial charge in [-0.05, 0) is 48.5 Å². The van der Waals surface area contributed by atoms with E-state index in [1.54, 1.807) is 10.8 Å². The van der Waals surface area contributed by atoms with Crippen molar-refractivity contribution in [2.75, 3.05) is 0 Å². The monoisotopic (exact) mass is 431 g/mol. The number of imidazole rings is 1. The number of nitrogens with zero attached hydrogens (tertiary/aromatic N) is 4. The van der Waals surface area contributed by atoms with Crippen LogP contribution in [0.1, 0.15) is 0 Å². The predicted molar refractivity (Wildman–Crippen MR) is 127 cm³/mol. The maximum atomic E-state index is 12.9. The first-order valence-corrected chi connectivity index (χ1v) is 10.4. The van der Waals surface area contributed by atoms with Crippen LogP contribution in [-0.2, 0) is 0 Å². The summed E-state index contributed by atoms with van der Waals surface area (Å²) in [6.07, 6.45) is 1.75. The molecule has 3 aromatic carbocycles. The Morgan fingerprint density at radius 3 is 2.58 bits per heavy atom. The number of pyridine rings is 1. The van der Waals surface area contributed by atoms with E-state index >= 15 is 0 Å². The molecule has 0 spiro atoms. The van der Waals surface area contributed by atoms with E-state index in [0.717, 1.165) is 27.7 Å². The minimum absolute atomic E-state index is 0.152. The highest BCUT2D eigenvalue weighted by Gasteiger charge is 2.16. The number of nitrogens with one attached hydrogen (secondary N) is 1. The summed E-state index contributed by atoms with van der Waals surface area (Å²) < 4.78 is 7.62. The predicted octanol–water partition coefficient (Wildman–Crippen LogP) is 5.12. The van der Waals surface area contributed by atoms with E-state index in [0.29, 0.717) is 17.1 Å². The van der Waals surface area contributed by atoms with Crippen molar-refractivity contribution >= 4 is 21.9 Å². The van der Waals surface area contributed by atoms with Gasteiger partial charge in [0.05, 0.1) is 22.2 Å². The number of benzene rings is 3. The van der Waals surface area contributed by atoms with E-state index in [1.165, 1.54) is 0 Å². The van der Waals surface area contributed by atoms with Crippen molar-refractivity contribution in [2.45, 2.75) is 0 Å². The topological polar surface area (TPSA) is 85.7 Å². The van der Waals surface area contributed by atoms with Crippen molar-refractivity contribution < 1.29 is 4.74 Å². The second-order valence-corrected chi connectivity index (χ2v) is 7.47. The Balaban J connectivity index is 1.49. The second kappa shape index (κ2) is 7.72. The zero-order valence-electron chi connectivity index (χ0n) is 17.3. The lowest BCUT2D eigenvalue weighted by Crippen LogP contribution is -2.16. The third-order valence-corrected chi connectivity index (χ3v) is 5.37. The maximum Gasteiger partial charge on any atom is 0.332 e. The van der Waals surface area contributed by atoms with E-state index in [4.69, 9.17) is 4.74 Å². The number of aromatic nitrogens is 5. The lowest BCUT2D eigenvalue weighted by atomic mass is 10.1. The van der Waals surface area contributed by atoms with Gasteiger partial charge in [-0.1, -0.05) is 42.5 Å². The minimum Gasteiger partial charge on any atom is -0.424 e. The van der Waals surface area contributed by atoms with Gasteiger partial charge >= 0.3 is 11.7 Å². The highest BCUT2D eigenvalue weighted by Crippen LogP contribution is 2.28. The molecule has 0 amide bonds. The van der Waals surface area contributed by atoms with Crippen LogP contribution in [0.15, 0.2) is 102 Å². The van der Waals surface area contributed by atoms with Crippen LogP contribution in [-0.4, -0.2) is 24.5 Å². The summed E-state index contributed by atoms with van der Waals surface area (Å²) in [6.45, 7) is 0. The summed E-state index contributed by atoms with van der Waals surface area (Å²) in [5.74, 6) is 1.03. The summed E-state index contributed by atoms with van der Waals surface area (Å²) >= 11 is 0. The second-order valence-electron chi connectivity index (χ2n) is 7.47. The molecular weight excluding hydrogens is 414 g/mol. The molecule has 0 atom stereocenters. The summed E-state index contributed by atoms with van der Waals surface area (Å²) in [5, 5.41) is 0.749. The Bertz CT molecular complexity index is 1670. The molecule has 0 aliphatic carbocycles. The molecule has 0 bridgehead atoms. The largest absolute Gasteiger partial charge is 0.424 e. The van der Waals surface area contributed by atoms with E-state index in [1.807, 2.05) is 91.0 Å². The van der Waals surface area contributed by atoms with Crippen molar-refractivity contribution in [3.63, 3.8) is 0 Å². The Morgan fingerprint density at radius 2 is 1.67 bits per heavy atom. The third kappa shape index (κ3) is 3.41.